The number of hydrogen-bond acceptors (Lipinski definition) is 3. The van der Waals surface area contributed by atoms with Crippen LogP contribution in [0.3, 0.4) is 0 Å². The molecule has 2 N–H and O–H groups in total. The highest BCUT2D eigenvalue weighted by Crippen LogP contribution is 2.24. The predicted octanol–water partition coefficient (Wildman–Crippen LogP) is 2.78. The standard InChI is InChI=1S/C14H17F2N3O/c1-9(2)19-8-18-6-11(19)7-20-14-12(15)3-10(5-17)4-13(14)16/h3-4,6,8-9H,5,7,17H2,1-2H3. The van der Waals surface area contributed by atoms with E-state index < -0.39 is 17.4 Å². The maximum absolute atomic E-state index is 13.7. The summed E-state index contributed by atoms with van der Waals surface area (Å²) in [5.41, 5.74) is 6.50. The average Bonchev–Trinajstić information content (AvgIpc) is 2.86. The summed E-state index contributed by atoms with van der Waals surface area (Å²) < 4.78 is 34.6. The zero-order valence-corrected chi connectivity index (χ0v) is 11.4. The smallest absolute Gasteiger partial charge is 0.191 e. The van der Waals surface area contributed by atoms with Crippen LogP contribution < -0.4 is 10.5 Å². The lowest BCUT2D eigenvalue weighted by molar-refractivity contribution is 0.263. The van der Waals surface area contributed by atoms with E-state index in [0.29, 0.717) is 5.56 Å². The number of nitrogens with two attached hydrogens (primary N) is 1. The van der Waals surface area contributed by atoms with Crippen LogP contribution in [0.15, 0.2) is 24.7 Å². The minimum Gasteiger partial charge on any atom is -0.481 e. The quantitative estimate of drug-likeness (QED) is 0.917. The van der Waals surface area contributed by atoms with E-state index in [9.17, 15) is 8.78 Å². The Kier molecular flexibility index (Phi) is 4.34. The molecule has 0 aliphatic carbocycles. The summed E-state index contributed by atoms with van der Waals surface area (Å²) in [6.07, 6.45) is 3.28. The van der Waals surface area contributed by atoms with Gasteiger partial charge in [0.05, 0.1) is 18.2 Å². The van der Waals surface area contributed by atoms with Gasteiger partial charge in [0.25, 0.3) is 0 Å². The molecule has 6 heteroatoms. The molecule has 0 atom stereocenters. The fourth-order valence-electron chi connectivity index (χ4n) is 1.92. The van der Waals surface area contributed by atoms with Crippen molar-refractivity contribution in [2.24, 2.45) is 5.73 Å². The molecule has 0 spiro atoms. The molecule has 0 radical (unpaired) electrons. The summed E-state index contributed by atoms with van der Waals surface area (Å²) in [6.45, 7) is 4.10. The molecule has 0 bridgehead atoms. The van der Waals surface area contributed by atoms with Gasteiger partial charge in [0.2, 0.25) is 0 Å². The molecule has 0 saturated carbocycles. The highest BCUT2D eigenvalue weighted by Gasteiger charge is 2.14. The van der Waals surface area contributed by atoms with Gasteiger partial charge < -0.3 is 15.0 Å². The molecule has 1 heterocycles. The van der Waals surface area contributed by atoms with Crippen LogP contribution in [0.2, 0.25) is 0 Å². The highest BCUT2D eigenvalue weighted by atomic mass is 19.1. The van der Waals surface area contributed by atoms with Crippen LogP contribution in [0.4, 0.5) is 8.78 Å². The molecule has 0 fully saturated rings. The molecule has 0 saturated heterocycles. The van der Waals surface area contributed by atoms with E-state index >= 15 is 0 Å². The van der Waals surface area contributed by atoms with Gasteiger partial charge in [0.15, 0.2) is 17.4 Å². The van der Waals surface area contributed by atoms with Crippen LogP contribution in [0, 0.1) is 11.6 Å². The largest absolute Gasteiger partial charge is 0.481 e. The van der Waals surface area contributed by atoms with Crippen LogP contribution in [0.1, 0.15) is 31.1 Å². The number of ether oxygens (including phenoxy) is 1. The Morgan fingerprint density at radius 1 is 1.30 bits per heavy atom. The zero-order valence-electron chi connectivity index (χ0n) is 11.4. The van der Waals surface area contributed by atoms with Gasteiger partial charge in [-0.2, -0.15) is 0 Å². The van der Waals surface area contributed by atoms with E-state index in [-0.39, 0.29) is 19.2 Å². The van der Waals surface area contributed by atoms with Crippen molar-refractivity contribution in [2.75, 3.05) is 0 Å². The monoisotopic (exact) mass is 281 g/mol. The second-order valence-electron chi connectivity index (χ2n) is 4.77. The first-order valence-corrected chi connectivity index (χ1v) is 6.34. The van der Waals surface area contributed by atoms with Gasteiger partial charge in [-0.15, -0.1) is 0 Å². The fraction of sp³-hybridized carbons (Fsp3) is 0.357. The first-order chi connectivity index (χ1) is 9.52. The minimum atomic E-state index is -0.749. The summed E-state index contributed by atoms with van der Waals surface area (Å²) in [7, 11) is 0. The van der Waals surface area contributed by atoms with Crippen LogP contribution in [-0.2, 0) is 13.2 Å². The molecule has 1 aromatic heterocycles. The molecule has 0 unspecified atom stereocenters. The molecule has 4 nitrogen and oxygen atoms in total. The Morgan fingerprint density at radius 3 is 2.50 bits per heavy atom. The van der Waals surface area contributed by atoms with Gasteiger partial charge in [-0.25, -0.2) is 13.8 Å². The van der Waals surface area contributed by atoms with Crippen LogP contribution in [0.25, 0.3) is 0 Å². The third kappa shape index (κ3) is 2.96. The van der Waals surface area contributed by atoms with Crippen molar-refractivity contribution >= 4 is 0 Å². The maximum Gasteiger partial charge on any atom is 0.191 e. The van der Waals surface area contributed by atoms with E-state index in [2.05, 4.69) is 4.98 Å². The van der Waals surface area contributed by atoms with E-state index in [1.807, 2.05) is 18.4 Å². The number of rotatable bonds is 5. The molecule has 20 heavy (non-hydrogen) atoms. The topological polar surface area (TPSA) is 53.1 Å². The fourth-order valence-corrected chi connectivity index (χ4v) is 1.92. The lowest BCUT2D eigenvalue weighted by Gasteiger charge is -2.13. The number of nitrogens with zero attached hydrogens (tertiary/aromatic N) is 2. The lowest BCUT2D eigenvalue weighted by atomic mass is 10.2. The molecular weight excluding hydrogens is 264 g/mol. The number of benzene rings is 1. The first kappa shape index (κ1) is 14.5. The number of aromatic nitrogens is 2. The molecule has 2 aromatic rings. The maximum atomic E-state index is 13.7. The molecule has 0 amide bonds. The lowest BCUT2D eigenvalue weighted by Crippen LogP contribution is -2.09. The Labute approximate surface area is 116 Å². The van der Waals surface area contributed by atoms with Crippen molar-refractivity contribution in [3.05, 3.63) is 47.5 Å². The summed E-state index contributed by atoms with van der Waals surface area (Å²) in [5.74, 6) is -1.89. The molecular formula is C14H17F2N3O. The Hall–Kier alpha value is -1.95. The van der Waals surface area contributed by atoms with Gasteiger partial charge in [0.1, 0.15) is 6.61 Å². The summed E-state index contributed by atoms with van der Waals surface area (Å²) in [4.78, 5) is 4.01. The van der Waals surface area contributed by atoms with Crippen LogP contribution in [0.5, 0.6) is 5.75 Å². The number of hydrogen-bond donors (Lipinski definition) is 1. The molecule has 108 valence electrons. The highest BCUT2D eigenvalue weighted by molar-refractivity contribution is 5.31. The predicted molar refractivity (Wildman–Crippen MR) is 71.2 cm³/mol. The summed E-state index contributed by atoms with van der Waals surface area (Å²) >= 11 is 0. The third-order valence-corrected chi connectivity index (χ3v) is 2.96. The van der Waals surface area contributed by atoms with Gasteiger partial charge >= 0.3 is 0 Å². The van der Waals surface area contributed by atoms with Crippen molar-refractivity contribution in [1.82, 2.24) is 9.55 Å². The van der Waals surface area contributed by atoms with Gasteiger partial charge in [-0.05, 0) is 31.5 Å². The van der Waals surface area contributed by atoms with Crippen molar-refractivity contribution in [2.45, 2.75) is 33.0 Å². The second-order valence-corrected chi connectivity index (χ2v) is 4.77. The summed E-state index contributed by atoms with van der Waals surface area (Å²) in [6, 6.07) is 2.56. The molecule has 0 aliphatic heterocycles. The van der Waals surface area contributed by atoms with E-state index in [4.69, 9.17) is 10.5 Å². The number of imidazole rings is 1. The van der Waals surface area contributed by atoms with E-state index in [1.54, 1.807) is 12.5 Å². The van der Waals surface area contributed by atoms with Crippen molar-refractivity contribution < 1.29 is 13.5 Å². The normalized spacial score (nSPS) is 11.1. The van der Waals surface area contributed by atoms with Gasteiger partial charge in [-0.1, -0.05) is 0 Å². The SMILES string of the molecule is CC(C)n1cncc1COc1c(F)cc(CN)cc1F. The Balaban J connectivity index is 2.17. The number of halogens is 2. The van der Waals surface area contributed by atoms with Crippen LogP contribution >= 0.6 is 0 Å². The first-order valence-electron chi connectivity index (χ1n) is 6.34. The average molecular weight is 281 g/mol. The molecule has 2 rings (SSSR count). The van der Waals surface area contributed by atoms with Crippen molar-refractivity contribution in [1.29, 1.82) is 0 Å². The summed E-state index contributed by atoms with van der Waals surface area (Å²) in [5, 5.41) is 0. The molecule has 1 aromatic carbocycles. The van der Waals surface area contributed by atoms with E-state index in [0.717, 1.165) is 5.69 Å². The molecule has 0 aliphatic rings. The van der Waals surface area contributed by atoms with Gasteiger partial charge in [0, 0.05) is 12.6 Å². The van der Waals surface area contributed by atoms with Crippen LogP contribution in [-0.4, -0.2) is 9.55 Å². The Morgan fingerprint density at radius 2 is 1.95 bits per heavy atom. The van der Waals surface area contributed by atoms with Crippen molar-refractivity contribution in [3.63, 3.8) is 0 Å². The second kappa shape index (κ2) is 6.00. The van der Waals surface area contributed by atoms with E-state index in [1.165, 1.54) is 12.1 Å². The van der Waals surface area contributed by atoms with Crippen molar-refractivity contribution in [3.8, 4) is 5.75 Å². The minimum absolute atomic E-state index is 0.0496. The Bertz CT molecular complexity index is 573. The zero-order chi connectivity index (χ0) is 14.7. The third-order valence-electron chi connectivity index (χ3n) is 2.96. The van der Waals surface area contributed by atoms with Gasteiger partial charge in [-0.3, -0.25) is 0 Å².